The van der Waals surface area contributed by atoms with Gasteiger partial charge in [-0.25, -0.2) is 27.9 Å². The van der Waals surface area contributed by atoms with Crippen molar-refractivity contribution in [2.75, 3.05) is 37.7 Å². The van der Waals surface area contributed by atoms with E-state index in [0.717, 1.165) is 10.8 Å². The fraction of sp³-hybridized carbons (Fsp3) is 0.318. The second-order valence-electron chi connectivity index (χ2n) is 7.29. The number of anilines is 1. The lowest BCUT2D eigenvalue weighted by Crippen LogP contribution is -2.48. The van der Waals surface area contributed by atoms with Crippen LogP contribution >= 0.6 is 0 Å². The number of nitrogens with zero attached hydrogens (tertiary/aromatic N) is 3. The number of hydrogen-bond acceptors (Lipinski definition) is 8. The molecule has 0 saturated carbocycles. The van der Waals surface area contributed by atoms with Gasteiger partial charge in [0.05, 0.1) is 29.8 Å². The largest absolute Gasteiger partial charge is 0.462 e. The summed E-state index contributed by atoms with van der Waals surface area (Å²) in [6.07, 6.45) is 2.48. The lowest BCUT2D eigenvalue weighted by Gasteiger charge is -2.33. The Morgan fingerprint density at radius 2 is 1.94 bits per heavy atom. The van der Waals surface area contributed by atoms with Crippen LogP contribution in [0.25, 0.3) is 10.8 Å². The summed E-state index contributed by atoms with van der Waals surface area (Å²) in [5, 5.41) is 1.84. The number of ether oxygens (including phenoxy) is 2. The van der Waals surface area contributed by atoms with Gasteiger partial charge < -0.3 is 14.4 Å². The van der Waals surface area contributed by atoms with Gasteiger partial charge in [-0.05, 0) is 29.8 Å². The molecular formula is C22H24N4O5S. The zero-order chi connectivity index (χ0) is 22.6. The number of sulfonamides is 1. The molecule has 2 aromatic carbocycles. The third-order valence-electron chi connectivity index (χ3n) is 5.10. The number of hydrogen-bond donors (Lipinski definition) is 1. The molecule has 0 radical (unpaired) electrons. The van der Waals surface area contributed by atoms with E-state index in [1.807, 2.05) is 29.2 Å². The van der Waals surface area contributed by atoms with Gasteiger partial charge in [-0.2, -0.15) is 0 Å². The number of benzene rings is 2. The third kappa shape index (κ3) is 5.04. The van der Waals surface area contributed by atoms with Gasteiger partial charge in [-0.3, -0.25) is 0 Å². The van der Waals surface area contributed by atoms with Crippen LogP contribution in [0.3, 0.4) is 0 Å². The first-order chi connectivity index (χ1) is 15.5. The lowest BCUT2D eigenvalue weighted by atomic mass is 10.1. The number of esters is 1. The molecule has 0 bridgehead atoms. The number of carbonyl (C=O) groups is 1. The van der Waals surface area contributed by atoms with Gasteiger partial charge in [-0.15, -0.1) is 0 Å². The van der Waals surface area contributed by atoms with Crippen molar-refractivity contribution in [2.45, 2.75) is 17.9 Å². The first-order valence-corrected chi connectivity index (χ1v) is 11.8. The Hall–Kier alpha value is -3.08. The van der Waals surface area contributed by atoms with Gasteiger partial charge in [0.25, 0.3) is 0 Å². The SMILES string of the molecule is CCOC(=O)c1cnc(N2CCOC(CNS(=O)(=O)c3ccc4ccccc4c3)C2)nc1. The summed E-state index contributed by atoms with van der Waals surface area (Å²) in [6.45, 7) is 3.51. The maximum absolute atomic E-state index is 12.8. The molecule has 2 heterocycles. The van der Waals surface area contributed by atoms with E-state index in [4.69, 9.17) is 9.47 Å². The Morgan fingerprint density at radius 1 is 1.19 bits per heavy atom. The molecule has 1 fully saturated rings. The summed E-state index contributed by atoms with van der Waals surface area (Å²) >= 11 is 0. The fourth-order valence-corrected chi connectivity index (χ4v) is 4.55. The highest BCUT2D eigenvalue weighted by atomic mass is 32.2. The molecule has 1 saturated heterocycles. The molecule has 1 atom stereocenters. The van der Waals surface area contributed by atoms with E-state index in [1.54, 1.807) is 25.1 Å². The Bertz CT molecular complexity index is 1200. The molecular weight excluding hydrogens is 432 g/mol. The lowest BCUT2D eigenvalue weighted by molar-refractivity contribution is 0.0436. The molecule has 3 aromatic rings. The summed E-state index contributed by atoms with van der Waals surface area (Å²) < 4.78 is 38.9. The van der Waals surface area contributed by atoms with Crippen molar-refractivity contribution in [3.63, 3.8) is 0 Å². The molecule has 0 amide bonds. The molecule has 1 N–H and O–H groups in total. The van der Waals surface area contributed by atoms with Crippen LogP contribution in [0.4, 0.5) is 5.95 Å². The van der Waals surface area contributed by atoms with Gasteiger partial charge in [-0.1, -0.05) is 30.3 Å². The van der Waals surface area contributed by atoms with Crippen LogP contribution in [0, 0.1) is 0 Å². The second-order valence-corrected chi connectivity index (χ2v) is 9.06. The summed E-state index contributed by atoms with van der Waals surface area (Å²) in [6, 6.07) is 12.6. The Morgan fingerprint density at radius 3 is 2.69 bits per heavy atom. The Balaban J connectivity index is 1.38. The zero-order valence-corrected chi connectivity index (χ0v) is 18.4. The number of aromatic nitrogens is 2. The van der Waals surface area contributed by atoms with Crippen molar-refractivity contribution in [1.29, 1.82) is 0 Å². The molecule has 10 heteroatoms. The van der Waals surface area contributed by atoms with Gasteiger partial charge in [0, 0.05) is 32.0 Å². The van der Waals surface area contributed by atoms with Gasteiger partial charge in [0.15, 0.2) is 0 Å². The Kier molecular flexibility index (Phi) is 6.63. The molecule has 32 heavy (non-hydrogen) atoms. The molecule has 0 spiro atoms. The average Bonchev–Trinajstić information content (AvgIpc) is 2.83. The predicted molar refractivity (Wildman–Crippen MR) is 119 cm³/mol. The average molecular weight is 457 g/mol. The Labute approximate surface area is 186 Å². The monoisotopic (exact) mass is 456 g/mol. The molecule has 1 aliphatic heterocycles. The highest BCUT2D eigenvalue weighted by Gasteiger charge is 2.25. The normalized spacial score (nSPS) is 16.8. The second kappa shape index (κ2) is 9.60. The molecule has 1 aromatic heterocycles. The minimum atomic E-state index is -3.69. The summed E-state index contributed by atoms with van der Waals surface area (Å²) in [4.78, 5) is 22.3. The van der Waals surface area contributed by atoms with E-state index in [2.05, 4.69) is 14.7 Å². The molecule has 1 unspecified atom stereocenters. The van der Waals surface area contributed by atoms with E-state index in [1.165, 1.54) is 12.4 Å². The van der Waals surface area contributed by atoms with Gasteiger partial charge >= 0.3 is 5.97 Å². The number of rotatable bonds is 7. The molecule has 0 aliphatic carbocycles. The van der Waals surface area contributed by atoms with Crippen molar-refractivity contribution in [3.05, 3.63) is 60.4 Å². The minimum absolute atomic E-state index is 0.118. The van der Waals surface area contributed by atoms with E-state index in [-0.39, 0.29) is 29.7 Å². The third-order valence-corrected chi connectivity index (χ3v) is 6.52. The summed E-state index contributed by atoms with van der Waals surface area (Å²) in [5.41, 5.74) is 0.281. The first kappa shape index (κ1) is 22.1. The summed E-state index contributed by atoms with van der Waals surface area (Å²) in [7, 11) is -3.69. The van der Waals surface area contributed by atoms with Crippen LogP contribution in [0.1, 0.15) is 17.3 Å². The van der Waals surface area contributed by atoms with Crippen LogP contribution in [-0.2, 0) is 19.5 Å². The van der Waals surface area contributed by atoms with E-state index in [9.17, 15) is 13.2 Å². The first-order valence-electron chi connectivity index (χ1n) is 10.3. The number of carbonyl (C=O) groups excluding carboxylic acids is 1. The molecule has 168 valence electrons. The highest BCUT2D eigenvalue weighted by Crippen LogP contribution is 2.19. The van der Waals surface area contributed by atoms with Crippen molar-refractivity contribution in [2.24, 2.45) is 0 Å². The maximum Gasteiger partial charge on any atom is 0.341 e. The van der Waals surface area contributed by atoms with Crippen LogP contribution in [0.5, 0.6) is 0 Å². The number of fused-ring (bicyclic) bond motifs is 1. The van der Waals surface area contributed by atoms with Gasteiger partial charge in [0.1, 0.15) is 0 Å². The van der Waals surface area contributed by atoms with E-state index in [0.29, 0.717) is 25.6 Å². The number of morpholine rings is 1. The van der Waals surface area contributed by atoms with Crippen molar-refractivity contribution < 1.29 is 22.7 Å². The molecule has 1 aliphatic rings. The standard InChI is InChI=1S/C22H24N4O5S/c1-2-30-21(27)18-12-23-22(24-13-18)26-9-10-31-19(15-26)14-25-32(28,29)20-8-7-16-5-3-4-6-17(16)11-20/h3-8,11-13,19,25H,2,9-10,14-15H2,1H3. The van der Waals surface area contributed by atoms with Gasteiger partial charge in [0.2, 0.25) is 16.0 Å². The van der Waals surface area contributed by atoms with Crippen LogP contribution in [0.2, 0.25) is 0 Å². The van der Waals surface area contributed by atoms with Crippen molar-refractivity contribution >= 4 is 32.7 Å². The van der Waals surface area contributed by atoms with Crippen LogP contribution in [0.15, 0.2) is 59.8 Å². The smallest absolute Gasteiger partial charge is 0.341 e. The van der Waals surface area contributed by atoms with Crippen LogP contribution < -0.4 is 9.62 Å². The quantitative estimate of drug-likeness (QED) is 0.538. The topological polar surface area (TPSA) is 111 Å². The van der Waals surface area contributed by atoms with Crippen molar-refractivity contribution in [1.82, 2.24) is 14.7 Å². The predicted octanol–water partition coefficient (Wildman–Crippen LogP) is 1.99. The maximum atomic E-state index is 12.8. The number of nitrogens with one attached hydrogen (secondary N) is 1. The highest BCUT2D eigenvalue weighted by molar-refractivity contribution is 7.89. The van der Waals surface area contributed by atoms with E-state index < -0.39 is 16.0 Å². The van der Waals surface area contributed by atoms with Crippen LogP contribution in [-0.4, -0.2) is 63.3 Å². The molecule has 9 nitrogen and oxygen atoms in total. The zero-order valence-electron chi connectivity index (χ0n) is 17.6. The van der Waals surface area contributed by atoms with Crippen molar-refractivity contribution in [3.8, 4) is 0 Å². The fourth-order valence-electron chi connectivity index (χ4n) is 3.45. The summed E-state index contributed by atoms with van der Waals surface area (Å²) in [5.74, 6) is -0.0225. The van der Waals surface area contributed by atoms with E-state index >= 15 is 0 Å². The minimum Gasteiger partial charge on any atom is -0.462 e. The molecule has 4 rings (SSSR count).